The van der Waals surface area contributed by atoms with Crippen LogP contribution >= 0.6 is 11.3 Å². The molecule has 0 spiro atoms. The first-order chi connectivity index (χ1) is 10.1. The van der Waals surface area contributed by atoms with E-state index < -0.39 is 5.97 Å². The Morgan fingerprint density at radius 2 is 2.19 bits per heavy atom. The van der Waals surface area contributed by atoms with Gasteiger partial charge >= 0.3 is 12.0 Å². The number of urea groups is 1. The Kier molecular flexibility index (Phi) is 5.51. The SMILES string of the molecule is Cc1ncsc1CNC(=O)N1CCCN(CC(=O)O)CC1. The van der Waals surface area contributed by atoms with Crippen molar-refractivity contribution in [3.63, 3.8) is 0 Å². The van der Waals surface area contributed by atoms with E-state index in [0.29, 0.717) is 32.7 Å². The third kappa shape index (κ3) is 4.68. The van der Waals surface area contributed by atoms with E-state index in [-0.39, 0.29) is 12.6 Å². The summed E-state index contributed by atoms with van der Waals surface area (Å²) in [7, 11) is 0. The van der Waals surface area contributed by atoms with Crippen LogP contribution in [0, 0.1) is 6.92 Å². The average Bonchev–Trinajstić information content (AvgIpc) is 2.70. The molecule has 2 rings (SSSR count). The van der Waals surface area contributed by atoms with Crippen LogP contribution in [0.4, 0.5) is 4.79 Å². The van der Waals surface area contributed by atoms with Crippen LogP contribution in [0.5, 0.6) is 0 Å². The van der Waals surface area contributed by atoms with Gasteiger partial charge in [0.25, 0.3) is 0 Å². The van der Waals surface area contributed by atoms with Crippen molar-refractivity contribution in [1.82, 2.24) is 20.1 Å². The van der Waals surface area contributed by atoms with Gasteiger partial charge in [-0.1, -0.05) is 0 Å². The summed E-state index contributed by atoms with van der Waals surface area (Å²) in [6.07, 6.45) is 0.792. The Balaban J connectivity index is 1.80. The third-order valence-corrected chi connectivity index (χ3v) is 4.41. The van der Waals surface area contributed by atoms with E-state index in [1.165, 1.54) is 11.3 Å². The summed E-state index contributed by atoms with van der Waals surface area (Å²) in [4.78, 5) is 31.7. The van der Waals surface area contributed by atoms with Crippen LogP contribution < -0.4 is 5.32 Å². The first-order valence-electron chi connectivity index (χ1n) is 6.92. The number of thiazole rings is 1. The second-order valence-electron chi connectivity index (χ2n) is 5.03. The van der Waals surface area contributed by atoms with Gasteiger partial charge in [-0.15, -0.1) is 11.3 Å². The highest BCUT2D eigenvalue weighted by atomic mass is 32.1. The normalized spacial score (nSPS) is 16.5. The largest absolute Gasteiger partial charge is 0.480 e. The van der Waals surface area contributed by atoms with Crippen LogP contribution in [-0.4, -0.2) is 64.6 Å². The molecule has 8 heteroatoms. The molecule has 2 heterocycles. The molecule has 2 N–H and O–H groups in total. The lowest BCUT2D eigenvalue weighted by Crippen LogP contribution is -2.42. The number of carboxylic acid groups (broad SMARTS) is 1. The van der Waals surface area contributed by atoms with Crippen molar-refractivity contribution < 1.29 is 14.7 Å². The number of aromatic nitrogens is 1. The van der Waals surface area contributed by atoms with Crippen LogP contribution in [-0.2, 0) is 11.3 Å². The smallest absolute Gasteiger partial charge is 0.317 e. The molecule has 0 aliphatic carbocycles. The Labute approximate surface area is 127 Å². The van der Waals surface area contributed by atoms with Crippen LogP contribution in [0.15, 0.2) is 5.51 Å². The maximum Gasteiger partial charge on any atom is 0.317 e. The number of nitrogens with one attached hydrogen (secondary N) is 1. The average molecular weight is 312 g/mol. The van der Waals surface area contributed by atoms with Crippen molar-refractivity contribution >= 4 is 23.3 Å². The summed E-state index contributed by atoms with van der Waals surface area (Å²) in [5, 5.41) is 11.7. The monoisotopic (exact) mass is 312 g/mol. The highest BCUT2D eigenvalue weighted by Gasteiger charge is 2.20. The minimum Gasteiger partial charge on any atom is -0.480 e. The Morgan fingerprint density at radius 3 is 2.86 bits per heavy atom. The van der Waals surface area contributed by atoms with E-state index in [1.54, 1.807) is 10.4 Å². The molecular formula is C13H20N4O3S. The third-order valence-electron chi connectivity index (χ3n) is 3.48. The number of aliphatic carboxylic acids is 1. The lowest BCUT2D eigenvalue weighted by atomic mass is 10.4. The number of carbonyl (C=O) groups is 2. The Hall–Kier alpha value is -1.67. The molecular weight excluding hydrogens is 292 g/mol. The standard InChI is InChI=1S/C13H20N4O3S/c1-10-11(21-9-15-10)7-14-13(20)17-4-2-3-16(5-6-17)8-12(18)19/h9H,2-8H2,1H3,(H,14,20)(H,18,19). The fourth-order valence-electron chi connectivity index (χ4n) is 2.29. The molecule has 0 saturated carbocycles. The van der Waals surface area contributed by atoms with Crippen LogP contribution in [0.1, 0.15) is 17.0 Å². The fraction of sp³-hybridized carbons (Fsp3) is 0.615. The molecule has 1 aliphatic rings. The van der Waals surface area contributed by atoms with Gasteiger partial charge in [-0.3, -0.25) is 9.69 Å². The van der Waals surface area contributed by atoms with Crippen LogP contribution in [0.3, 0.4) is 0 Å². The van der Waals surface area contributed by atoms with Gasteiger partial charge in [-0.05, 0) is 13.3 Å². The van der Waals surface area contributed by atoms with Crippen LogP contribution in [0.2, 0.25) is 0 Å². The molecule has 7 nitrogen and oxygen atoms in total. The molecule has 21 heavy (non-hydrogen) atoms. The number of carbonyl (C=O) groups excluding carboxylic acids is 1. The number of hydrogen-bond donors (Lipinski definition) is 2. The fourth-order valence-corrected chi connectivity index (χ4v) is 3.00. The van der Waals surface area contributed by atoms with Gasteiger partial charge < -0.3 is 15.3 Å². The van der Waals surface area contributed by atoms with E-state index in [2.05, 4.69) is 10.3 Å². The highest BCUT2D eigenvalue weighted by molar-refractivity contribution is 7.09. The minimum atomic E-state index is -0.825. The van der Waals surface area contributed by atoms with Crippen molar-refractivity contribution in [1.29, 1.82) is 0 Å². The van der Waals surface area contributed by atoms with Gasteiger partial charge in [0.2, 0.25) is 0 Å². The van der Waals surface area contributed by atoms with Gasteiger partial charge in [-0.2, -0.15) is 0 Å². The van der Waals surface area contributed by atoms with Crippen LogP contribution in [0.25, 0.3) is 0 Å². The van der Waals surface area contributed by atoms with Gasteiger partial charge in [0, 0.05) is 31.1 Å². The number of rotatable bonds is 4. The van der Waals surface area contributed by atoms with Crippen molar-refractivity contribution in [2.75, 3.05) is 32.7 Å². The van der Waals surface area contributed by atoms with Crippen molar-refractivity contribution in [3.8, 4) is 0 Å². The Morgan fingerprint density at radius 1 is 1.38 bits per heavy atom. The molecule has 1 aromatic rings. The topological polar surface area (TPSA) is 85.8 Å². The second kappa shape index (κ2) is 7.37. The van der Waals surface area contributed by atoms with E-state index in [0.717, 1.165) is 17.0 Å². The number of amides is 2. The van der Waals surface area contributed by atoms with Gasteiger partial charge in [-0.25, -0.2) is 9.78 Å². The molecule has 0 atom stereocenters. The molecule has 2 amide bonds. The molecule has 0 unspecified atom stereocenters. The first-order valence-corrected chi connectivity index (χ1v) is 7.80. The number of hydrogen-bond acceptors (Lipinski definition) is 5. The predicted molar refractivity (Wildman–Crippen MR) is 79.4 cm³/mol. The summed E-state index contributed by atoms with van der Waals surface area (Å²) in [6, 6.07) is -0.0972. The van der Waals surface area contributed by atoms with Crippen molar-refractivity contribution in [2.24, 2.45) is 0 Å². The molecule has 0 bridgehead atoms. The summed E-state index contributed by atoms with van der Waals surface area (Å²) in [6.45, 7) is 4.97. The zero-order chi connectivity index (χ0) is 15.2. The van der Waals surface area contributed by atoms with Crippen molar-refractivity contribution in [3.05, 3.63) is 16.1 Å². The lowest BCUT2D eigenvalue weighted by Gasteiger charge is -2.21. The Bertz CT molecular complexity index is 505. The van der Waals surface area contributed by atoms with E-state index in [4.69, 9.17) is 5.11 Å². The molecule has 1 fully saturated rings. The molecule has 116 valence electrons. The summed E-state index contributed by atoms with van der Waals surface area (Å²) < 4.78 is 0. The van der Waals surface area contributed by atoms with E-state index >= 15 is 0 Å². The molecule has 1 aromatic heterocycles. The van der Waals surface area contributed by atoms with Gasteiger partial charge in [0.15, 0.2) is 0 Å². The predicted octanol–water partition coefficient (Wildman–Crippen LogP) is 0.753. The molecule has 0 aromatic carbocycles. The summed E-state index contributed by atoms with van der Waals surface area (Å²) in [5.74, 6) is -0.825. The maximum atomic E-state index is 12.2. The number of nitrogens with zero attached hydrogens (tertiary/aromatic N) is 3. The molecule has 1 saturated heterocycles. The lowest BCUT2D eigenvalue weighted by molar-refractivity contribution is -0.138. The first kappa shape index (κ1) is 15.7. The maximum absolute atomic E-state index is 12.2. The minimum absolute atomic E-state index is 0.0372. The molecule has 1 aliphatic heterocycles. The zero-order valence-electron chi connectivity index (χ0n) is 12.0. The van der Waals surface area contributed by atoms with Gasteiger partial charge in [0.05, 0.1) is 24.3 Å². The second-order valence-corrected chi connectivity index (χ2v) is 5.97. The quantitative estimate of drug-likeness (QED) is 0.857. The van der Waals surface area contributed by atoms with E-state index in [1.807, 2.05) is 11.8 Å². The zero-order valence-corrected chi connectivity index (χ0v) is 12.9. The number of aryl methyl sites for hydroxylation is 1. The number of carboxylic acids is 1. The van der Waals surface area contributed by atoms with Crippen molar-refractivity contribution in [2.45, 2.75) is 19.9 Å². The molecule has 0 radical (unpaired) electrons. The van der Waals surface area contributed by atoms with Gasteiger partial charge in [0.1, 0.15) is 0 Å². The van der Waals surface area contributed by atoms with E-state index in [9.17, 15) is 9.59 Å². The highest BCUT2D eigenvalue weighted by Crippen LogP contribution is 2.11. The summed E-state index contributed by atoms with van der Waals surface area (Å²) in [5.41, 5.74) is 2.72. The summed E-state index contributed by atoms with van der Waals surface area (Å²) >= 11 is 1.53.